The third kappa shape index (κ3) is 3.11. The summed E-state index contributed by atoms with van der Waals surface area (Å²) in [6, 6.07) is 15.9. The van der Waals surface area contributed by atoms with Crippen LogP contribution >= 0.6 is 0 Å². The second-order valence-corrected chi connectivity index (χ2v) is 4.55. The van der Waals surface area contributed by atoms with Crippen LogP contribution in [0, 0.1) is 0 Å². The number of aliphatic hydroxyl groups excluding tert-OH is 1. The van der Waals surface area contributed by atoms with E-state index in [1.807, 2.05) is 62.4 Å². The molecule has 0 unspecified atom stereocenters. The standard InChI is InChI=1S/C16H18O2/c1-12(2)18-16-8-6-14(7-9-16)15-5-3-4-13(10-15)11-17/h3-10,12,17H,11H2,1-2H3. The molecular weight excluding hydrogens is 224 g/mol. The predicted molar refractivity (Wildman–Crippen MR) is 73.6 cm³/mol. The lowest BCUT2D eigenvalue weighted by Crippen LogP contribution is -2.05. The number of ether oxygens (including phenoxy) is 1. The fraction of sp³-hybridized carbons (Fsp3) is 0.250. The molecule has 0 radical (unpaired) electrons. The number of aliphatic hydroxyl groups is 1. The van der Waals surface area contributed by atoms with Crippen molar-refractivity contribution in [2.24, 2.45) is 0 Å². The second kappa shape index (κ2) is 5.69. The van der Waals surface area contributed by atoms with Gasteiger partial charge in [-0.2, -0.15) is 0 Å². The van der Waals surface area contributed by atoms with Crippen molar-refractivity contribution in [2.45, 2.75) is 26.6 Å². The van der Waals surface area contributed by atoms with Crippen LogP contribution in [0.4, 0.5) is 0 Å². The molecule has 0 saturated carbocycles. The molecule has 2 nitrogen and oxygen atoms in total. The fourth-order valence-electron chi connectivity index (χ4n) is 1.85. The molecule has 0 spiro atoms. The van der Waals surface area contributed by atoms with E-state index in [2.05, 4.69) is 0 Å². The summed E-state index contributed by atoms with van der Waals surface area (Å²) in [5.41, 5.74) is 3.16. The molecule has 0 saturated heterocycles. The third-order valence-corrected chi connectivity index (χ3v) is 2.67. The SMILES string of the molecule is CC(C)Oc1ccc(-c2cccc(CO)c2)cc1. The summed E-state index contributed by atoms with van der Waals surface area (Å²) in [4.78, 5) is 0. The highest BCUT2D eigenvalue weighted by Gasteiger charge is 2.01. The Labute approximate surface area is 108 Å². The highest BCUT2D eigenvalue weighted by molar-refractivity contribution is 5.64. The van der Waals surface area contributed by atoms with E-state index >= 15 is 0 Å². The van der Waals surface area contributed by atoms with Crippen molar-refractivity contribution in [3.63, 3.8) is 0 Å². The molecule has 2 aromatic rings. The molecule has 0 fully saturated rings. The molecule has 0 bridgehead atoms. The Kier molecular flexibility index (Phi) is 4.00. The van der Waals surface area contributed by atoms with Gasteiger partial charge in [-0.15, -0.1) is 0 Å². The smallest absolute Gasteiger partial charge is 0.119 e. The van der Waals surface area contributed by atoms with E-state index < -0.39 is 0 Å². The first-order chi connectivity index (χ1) is 8.69. The Hall–Kier alpha value is -1.80. The van der Waals surface area contributed by atoms with E-state index in [9.17, 15) is 0 Å². The highest BCUT2D eigenvalue weighted by atomic mass is 16.5. The molecule has 0 atom stereocenters. The van der Waals surface area contributed by atoms with Gasteiger partial charge < -0.3 is 9.84 Å². The molecule has 0 heterocycles. The van der Waals surface area contributed by atoms with E-state index in [0.29, 0.717) is 0 Å². The monoisotopic (exact) mass is 242 g/mol. The third-order valence-electron chi connectivity index (χ3n) is 2.67. The van der Waals surface area contributed by atoms with Gasteiger partial charge in [-0.25, -0.2) is 0 Å². The maximum Gasteiger partial charge on any atom is 0.119 e. The van der Waals surface area contributed by atoms with Gasteiger partial charge in [-0.3, -0.25) is 0 Å². The zero-order valence-electron chi connectivity index (χ0n) is 10.8. The quantitative estimate of drug-likeness (QED) is 0.887. The van der Waals surface area contributed by atoms with E-state index in [0.717, 1.165) is 22.4 Å². The van der Waals surface area contributed by atoms with Gasteiger partial charge in [0.15, 0.2) is 0 Å². The van der Waals surface area contributed by atoms with Crippen LogP contribution in [0.3, 0.4) is 0 Å². The first-order valence-electron chi connectivity index (χ1n) is 6.16. The summed E-state index contributed by atoms with van der Waals surface area (Å²) in [5.74, 6) is 0.882. The van der Waals surface area contributed by atoms with Crippen molar-refractivity contribution in [1.82, 2.24) is 0 Å². The molecule has 0 aliphatic heterocycles. The summed E-state index contributed by atoms with van der Waals surface area (Å²) in [7, 11) is 0. The Morgan fingerprint density at radius 3 is 2.33 bits per heavy atom. The lowest BCUT2D eigenvalue weighted by atomic mass is 10.0. The molecule has 0 aromatic heterocycles. The zero-order valence-corrected chi connectivity index (χ0v) is 10.8. The average molecular weight is 242 g/mol. The highest BCUT2D eigenvalue weighted by Crippen LogP contribution is 2.23. The molecule has 0 aliphatic rings. The van der Waals surface area contributed by atoms with Crippen LogP contribution < -0.4 is 4.74 Å². The van der Waals surface area contributed by atoms with Gasteiger partial charge in [0, 0.05) is 0 Å². The van der Waals surface area contributed by atoms with Crippen molar-refractivity contribution < 1.29 is 9.84 Å². The summed E-state index contributed by atoms with van der Waals surface area (Å²) in [6.07, 6.45) is 0.188. The molecule has 0 amide bonds. The average Bonchev–Trinajstić information content (AvgIpc) is 2.39. The summed E-state index contributed by atoms with van der Waals surface area (Å²) < 4.78 is 5.61. The largest absolute Gasteiger partial charge is 0.491 e. The number of rotatable bonds is 4. The number of hydrogen-bond donors (Lipinski definition) is 1. The normalized spacial score (nSPS) is 10.7. The topological polar surface area (TPSA) is 29.5 Å². The second-order valence-electron chi connectivity index (χ2n) is 4.55. The van der Waals surface area contributed by atoms with Crippen molar-refractivity contribution in [1.29, 1.82) is 0 Å². The Morgan fingerprint density at radius 1 is 1.00 bits per heavy atom. The van der Waals surface area contributed by atoms with E-state index in [1.54, 1.807) is 0 Å². The lowest BCUT2D eigenvalue weighted by Gasteiger charge is -2.10. The summed E-state index contributed by atoms with van der Waals surface area (Å²) >= 11 is 0. The van der Waals surface area contributed by atoms with Crippen LogP contribution in [-0.2, 0) is 6.61 Å². The molecule has 2 aromatic carbocycles. The molecule has 0 aliphatic carbocycles. The number of hydrogen-bond acceptors (Lipinski definition) is 2. The van der Waals surface area contributed by atoms with E-state index in [1.165, 1.54) is 0 Å². The molecule has 1 N–H and O–H groups in total. The Balaban J connectivity index is 2.22. The minimum atomic E-state index is 0.0718. The maximum absolute atomic E-state index is 9.13. The minimum absolute atomic E-state index is 0.0718. The molecule has 94 valence electrons. The van der Waals surface area contributed by atoms with Gasteiger partial charge in [-0.05, 0) is 48.7 Å². The van der Waals surface area contributed by atoms with Gasteiger partial charge in [0.25, 0.3) is 0 Å². The van der Waals surface area contributed by atoms with Crippen LogP contribution in [-0.4, -0.2) is 11.2 Å². The van der Waals surface area contributed by atoms with Crippen LogP contribution in [0.15, 0.2) is 48.5 Å². The maximum atomic E-state index is 9.13. The molecular formula is C16H18O2. The first-order valence-corrected chi connectivity index (χ1v) is 6.16. The van der Waals surface area contributed by atoms with E-state index in [-0.39, 0.29) is 12.7 Å². The minimum Gasteiger partial charge on any atom is -0.491 e. The predicted octanol–water partition coefficient (Wildman–Crippen LogP) is 3.63. The molecule has 2 rings (SSSR count). The number of benzene rings is 2. The van der Waals surface area contributed by atoms with Crippen LogP contribution in [0.1, 0.15) is 19.4 Å². The molecule has 2 heteroatoms. The first kappa shape index (κ1) is 12.7. The van der Waals surface area contributed by atoms with Crippen molar-refractivity contribution in [3.05, 3.63) is 54.1 Å². The summed E-state index contributed by atoms with van der Waals surface area (Å²) in [5, 5.41) is 9.13. The fourth-order valence-corrected chi connectivity index (χ4v) is 1.85. The van der Waals surface area contributed by atoms with Crippen LogP contribution in [0.2, 0.25) is 0 Å². The Morgan fingerprint density at radius 2 is 1.72 bits per heavy atom. The van der Waals surface area contributed by atoms with Crippen molar-refractivity contribution in [3.8, 4) is 16.9 Å². The van der Waals surface area contributed by atoms with Crippen LogP contribution in [0.5, 0.6) is 5.75 Å². The molecule has 18 heavy (non-hydrogen) atoms. The summed E-state index contributed by atoms with van der Waals surface area (Å²) in [6.45, 7) is 4.10. The van der Waals surface area contributed by atoms with Gasteiger partial charge in [0.05, 0.1) is 12.7 Å². The van der Waals surface area contributed by atoms with E-state index in [4.69, 9.17) is 9.84 Å². The van der Waals surface area contributed by atoms with Gasteiger partial charge in [0.2, 0.25) is 0 Å². The lowest BCUT2D eigenvalue weighted by molar-refractivity contribution is 0.242. The van der Waals surface area contributed by atoms with Gasteiger partial charge >= 0.3 is 0 Å². The van der Waals surface area contributed by atoms with Crippen molar-refractivity contribution in [2.75, 3.05) is 0 Å². The van der Waals surface area contributed by atoms with Gasteiger partial charge in [-0.1, -0.05) is 30.3 Å². The Bertz CT molecular complexity index is 501. The van der Waals surface area contributed by atoms with Crippen molar-refractivity contribution >= 4 is 0 Å². The van der Waals surface area contributed by atoms with Crippen LogP contribution in [0.25, 0.3) is 11.1 Å². The van der Waals surface area contributed by atoms with Gasteiger partial charge in [0.1, 0.15) is 5.75 Å². The zero-order chi connectivity index (χ0) is 13.0.